The summed E-state index contributed by atoms with van der Waals surface area (Å²) in [5.41, 5.74) is 0. The van der Waals surface area contributed by atoms with Gasteiger partial charge in [-0.05, 0) is 56.9 Å². The quantitative estimate of drug-likeness (QED) is 0.757. The fourth-order valence-corrected chi connectivity index (χ4v) is 5.50. The Bertz CT molecular complexity index is 393. The molecule has 17 heavy (non-hydrogen) atoms. The maximum Gasteiger partial charge on any atom is 0.215 e. The molecule has 98 valence electrons. The van der Waals surface area contributed by atoms with Crippen LogP contribution in [0.1, 0.15) is 26.2 Å². The van der Waals surface area contributed by atoms with Gasteiger partial charge in [-0.3, -0.25) is 0 Å². The van der Waals surface area contributed by atoms with E-state index in [1.54, 1.807) is 14.0 Å². The van der Waals surface area contributed by atoms with Gasteiger partial charge in [0.1, 0.15) is 0 Å². The van der Waals surface area contributed by atoms with Crippen molar-refractivity contribution in [1.82, 2.24) is 10.0 Å². The normalized spacial score (nSPS) is 44.7. The van der Waals surface area contributed by atoms with Crippen LogP contribution < -0.4 is 10.0 Å². The van der Waals surface area contributed by atoms with Crippen molar-refractivity contribution in [2.75, 3.05) is 13.6 Å². The fraction of sp³-hybridized carbons (Fsp3) is 1.00. The van der Waals surface area contributed by atoms with Crippen molar-refractivity contribution in [2.24, 2.45) is 23.7 Å². The second-order valence-electron chi connectivity index (χ2n) is 6.04. The van der Waals surface area contributed by atoms with Crippen LogP contribution in [0, 0.1) is 23.7 Å². The van der Waals surface area contributed by atoms with Crippen LogP contribution in [0.4, 0.5) is 0 Å². The second kappa shape index (κ2) is 3.93. The fourth-order valence-electron chi connectivity index (χ4n) is 4.19. The molecule has 0 aromatic carbocycles. The lowest BCUT2D eigenvalue weighted by atomic mass is 10.0. The Morgan fingerprint density at radius 3 is 2.35 bits per heavy atom. The standard InChI is InChI=1S/C12H22N2O2S/c1-7(6-13-2)17(15,16)14-12-10-8-3-4-9(5-8)11(10)12/h7-14H,3-6H2,1-2H3. The number of fused-ring (bicyclic) bond motifs is 5. The summed E-state index contributed by atoms with van der Waals surface area (Å²) >= 11 is 0. The highest BCUT2D eigenvalue weighted by molar-refractivity contribution is 7.90. The van der Waals surface area contributed by atoms with Gasteiger partial charge in [0.2, 0.25) is 10.0 Å². The molecule has 2 bridgehead atoms. The topological polar surface area (TPSA) is 58.2 Å². The van der Waals surface area contributed by atoms with Gasteiger partial charge in [0, 0.05) is 12.6 Å². The van der Waals surface area contributed by atoms with Gasteiger partial charge >= 0.3 is 0 Å². The maximum atomic E-state index is 12.1. The van der Waals surface area contributed by atoms with Crippen LogP contribution in [0.3, 0.4) is 0 Å². The van der Waals surface area contributed by atoms with Crippen molar-refractivity contribution in [3.8, 4) is 0 Å². The first-order chi connectivity index (χ1) is 8.04. The zero-order valence-electron chi connectivity index (χ0n) is 10.5. The first-order valence-corrected chi connectivity index (χ1v) is 8.25. The zero-order chi connectivity index (χ0) is 12.2. The first-order valence-electron chi connectivity index (χ1n) is 6.70. The van der Waals surface area contributed by atoms with Crippen molar-refractivity contribution < 1.29 is 8.42 Å². The molecular formula is C12H22N2O2S. The summed E-state index contributed by atoms with van der Waals surface area (Å²) in [5, 5.41) is 2.59. The largest absolute Gasteiger partial charge is 0.318 e. The minimum Gasteiger partial charge on any atom is -0.318 e. The molecule has 5 heteroatoms. The summed E-state index contributed by atoms with van der Waals surface area (Å²) in [5.74, 6) is 2.98. The molecule has 5 unspecified atom stereocenters. The minimum atomic E-state index is -3.13. The molecule has 0 amide bonds. The molecule has 3 aliphatic rings. The predicted molar refractivity (Wildman–Crippen MR) is 67.0 cm³/mol. The summed E-state index contributed by atoms with van der Waals surface area (Å²) in [6, 6.07) is 0.269. The van der Waals surface area contributed by atoms with Gasteiger partial charge in [-0.25, -0.2) is 13.1 Å². The molecule has 0 aromatic heterocycles. The Balaban J connectivity index is 1.62. The average molecular weight is 258 g/mol. The van der Waals surface area contributed by atoms with Crippen LogP contribution in [0.2, 0.25) is 0 Å². The van der Waals surface area contributed by atoms with Crippen molar-refractivity contribution in [3.63, 3.8) is 0 Å². The van der Waals surface area contributed by atoms with Crippen LogP contribution in [-0.4, -0.2) is 33.3 Å². The monoisotopic (exact) mass is 258 g/mol. The molecule has 3 aliphatic carbocycles. The van der Waals surface area contributed by atoms with Crippen LogP contribution >= 0.6 is 0 Å². The van der Waals surface area contributed by atoms with Crippen molar-refractivity contribution >= 4 is 10.0 Å². The third-order valence-electron chi connectivity index (χ3n) is 5.06. The van der Waals surface area contributed by atoms with Crippen molar-refractivity contribution in [1.29, 1.82) is 0 Å². The van der Waals surface area contributed by atoms with E-state index in [2.05, 4.69) is 10.0 Å². The van der Waals surface area contributed by atoms with Crippen molar-refractivity contribution in [2.45, 2.75) is 37.5 Å². The highest BCUT2D eigenvalue weighted by Gasteiger charge is 2.65. The molecule has 3 saturated carbocycles. The summed E-state index contributed by atoms with van der Waals surface area (Å²) in [7, 11) is -1.34. The molecule has 3 fully saturated rings. The number of hydrogen-bond donors (Lipinski definition) is 2. The van der Waals surface area contributed by atoms with Gasteiger partial charge in [0.25, 0.3) is 0 Å². The van der Waals surface area contributed by atoms with Gasteiger partial charge < -0.3 is 5.32 Å². The van der Waals surface area contributed by atoms with E-state index in [9.17, 15) is 8.42 Å². The molecule has 2 N–H and O–H groups in total. The third kappa shape index (κ3) is 1.83. The van der Waals surface area contributed by atoms with Gasteiger partial charge in [0.15, 0.2) is 0 Å². The Morgan fingerprint density at radius 1 is 1.24 bits per heavy atom. The van der Waals surface area contributed by atoms with E-state index in [0.29, 0.717) is 18.4 Å². The average Bonchev–Trinajstić information content (AvgIpc) is 2.70. The SMILES string of the molecule is CNCC(C)S(=O)(=O)NC1C2C3CCC(C3)C12. The Labute approximate surface area is 104 Å². The smallest absolute Gasteiger partial charge is 0.215 e. The number of nitrogens with one attached hydrogen (secondary N) is 2. The number of hydrogen-bond acceptors (Lipinski definition) is 3. The third-order valence-corrected chi connectivity index (χ3v) is 6.88. The van der Waals surface area contributed by atoms with E-state index in [4.69, 9.17) is 0 Å². The molecule has 5 atom stereocenters. The minimum absolute atomic E-state index is 0.269. The van der Waals surface area contributed by atoms with Gasteiger partial charge in [-0.2, -0.15) is 0 Å². The Kier molecular flexibility index (Phi) is 2.76. The highest BCUT2D eigenvalue weighted by atomic mass is 32.2. The summed E-state index contributed by atoms with van der Waals surface area (Å²) in [6.45, 7) is 2.29. The van der Waals surface area contributed by atoms with Crippen LogP contribution in [0.25, 0.3) is 0 Å². The molecule has 0 spiro atoms. The van der Waals surface area contributed by atoms with E-state index in [1.165, 1.54) is 19.3 Å². The van der Waals surface area contributed by atoms with Gasteiger partial charge in [-0.15, -0.1) is 0 Å². The van der Waals surface area contributed by atoms with Crippen LogP contribution in [0.15, 0.2) is 0 Å². The molecule has 0 aliphatic heterocycles. The lowest BCUT2D eigenvalue weighted by molar-refractivity contribution is 0.456. The Hall–Kier alpha value is -0.130. The summed E-state index contributed by atoms with van der Waals surface area (Å²) < 4.78 is 27.1. The molecule has 4 nitrogen and oxygen atoms in total. The van der Waals surface area contributed by atoms with E-state index < -0.39 is 10.0 Å². The summed E-state index contributed by atoms with van der Waals surface area (Å²) in [4.78, 5) is 0. The molecular weight excluding hydrogens is 236 g/mol. The summed E-state index contributed by atoms with van der Waals surface area (Å²) in [6.07, 6.45) is 4.02. The molecule has 0 heterocycles. The van der Waals surface area contributed by atoms with E-state index >= 15 is 0 Å². The van der Waals surface area contributed by atoms with Gasteiger partial charge in [-0.1, -0.05) is 0 Å². The zero-order valence-corrected chi connectivity index (χ0v) is 11.3. The van der Waals surface area contributed by atoms with Gasteiger partial charge in [0.05, 0.1) is 5.25 Å². The first kappa shape index (κ1) is 11.9. The van der Waals surface area contributed by atoms with E-state index in [0.717, 1.165) is 11.8 Å². The maximum absolute atomic E-state index is 12.1. The predicted octanol–water partition coefficient (Wildman–Crippen LogP) is 0.558. The van der Waals surface area contributed by atoms with E-state index in [1.807, 2.05) is 0 Å². The lowest BCUT2D eigenvalue weighted by Gasteiger charge is -2.15. The Morgan fingerprint density at radius 2 is 1.82 bits per heavy atom. The lowest BCUT2D eigenvalue weighted by Crippen LogP contribution is -2.40. The van der Waals surface area contributed by atoms with Crippen LogP contribution in [-0.2, 0) is 10.0 Å². The molecule has 0 radical (unpaired) electrons. The highest BCUT2D eigenvalue weighted by Crippen LogP contribution is 2.65. The molecule has 0 aromatic rings. The number of rotatable bonds is 5. The molecule has 3 rings (SSSR count). The van der Waals surface area contributed by atoms with Crippen LogP contribution in [0.5, 0.6) is 0 Å². The van der Waals surface area contributed by atoms with E-state index in [-0.39, 0.29) is 11.3 Å². The van der Waals surface area contributed by atoms with Crippen molar-refractivity contribution in [3.05, 3.63) is 0 Å². The molecule has 0 saturated heterocycles. The number of sulfonamides is 1. The second-order valence-corrected chi connectivity index (χ2v) is 8.18.